The van der Waals surface area contributed by atoms with Gasteiger partial charge in [0.05, 0.1) is 17.1 Å². The highest BCUT2D eigenvalue weighted by atomic mass is 16.6. The van der Waals surface area contributed by atoms with Crippen molar-refractivity contribution >= 4 is 17.3 Å². The van der Waals surface area contributed by atoms with Crippen molar-refractivity contribution in [3.05, 3.63) is 69.8 Å². The summed E-state index contributed by atoms with van der Waals surface area (Å²) in [6.45, 7) is 6.73. The molecule has 3 rings (SSSR count). The van der Waals surface area contributed by atoms with E-state index in [1.54, 1.807) is 24.3 Å². The maximum absolute atomic E-state index is 12.4. The van der Waals surface area contributed by atoms with Gasteiger partial charge in [0.1, 0.15) is 0 Å². The summed E-state index contributed by atoms with van der Waals surface area (Å²) in [5.74, 6) is -0.296. The molecule has 142 valence electrons. The zero-order valence-corrected chi connectivity index (χ0v) is 15.4. The molecule has 1 saturated heterocycles. The summed E-state index contributed by atoms with van der Waals surface area (Å²) in [6, 6.07) is 13.3. The summed E-state index contributed by atoms with van der Waals surface area (Å²) in [5.41, 5.74) is 1.98. The minimum atomic E-state index is -0.488. The molecule has 1 N–H and O–H groups in total. The van der Waals surface area contributed by atoms with Gasteiger partial charge in [0, 0.05) is 43.0 Å². The van der Waals surface area contributed by atoms with E-state index in [9.17, 15) is 14.9 Å². The SMILES string of the molecule is C[C@@H]1CN(Cc2ccc(C(=O)Nc3cccc([N+](=O)[O-])c3)cc2)C[C@@H](C)O1. The van der Waals surface area contributed by atoms with Crippen molar-refractivity contribution in [1.82, 2.24) is 4.90 Å². The zero-order valence-electron chi connectivity index (χ0n) is 15.4. The number of nitro groups is 1. The fraction of sp³-hybridized carbons (Fsp3) is 0.350. The van der Waals surface area contributed by atoms with Crippen molar-refractivity contribution in [2.45, 2.75) is 32.6 Å². The number of amides is 1. The topological polar surface area (TPSA) is 84.7 Å². The second-order valence-corrected chi connectivity index (χ2v) is 6.91. The van der Waals surface area contributed by atoms with E-state index < -0.39 is 4.92 Å². The summed E-state index contributed by atoms with van der Waals surface area (Å²) in [7, 11) is 0. The lowest BCUT2D eigenvalue weighted by Crippen LogP contribution is -2.44. The molecular weight excluding hydrogens is 346 g/mol. The van der Waals surface area contributed by atoms with Crippen molar-refractivity contribution in [3.8, 4) is 0 Å². The van der Waals surface area contributed by atoms with Gasteiger partial charge in [-0.3, -0.25) is 19.8 Å². The number of benzene rings is 2. The quantitative estimate of drug-likeness (QED) is 0.644. The Morgan fingerprint density at radius 3 is 2.48 bits per heavy atom. The predicted molar refractivity (Wildman–Crippen MR) is 103 cm³/mol. The number of carbonyl (C=O) groups is 1. The third-order valence-electron chi connectivity index (χ3n) is 4.43. The molecule has 7 nitrogen and oxygen atoms in total. The number of hydrogen-bond donors (Lipinski definition) is 1. The summed E-state index contributed by atoms with van der Waals surface area (Å²) < 4.78 is 5.75. The molecule has 0 aliphatic carbocycles. The van der Waals surface area contributed by atoms with Gasteiger partial charge in [-0.05, 0) is 37.6 Å². The number of morpholine rings is 1. The molecule has 7 heteroatoms. The molecule has 0 bridgehead atoms. The van der Waals surface area contributed by atoms with Crippen LogP contribution < -0.4 is 5.32 Å². The van der Waals surface area contributed by atoms with Gasteiger partial charge in [0.2, 0.25) is 0 Å². The van der Waals surface area contributed by atoms with Gasteiger partial charge in [-0.2, -0.15) is 0 Å². The molecule has 0 aromatic heterocycles. The molecule has 27 heavy (non-hydrogen) atoms. The van der Waals surface area contributed by atoms with Crippen molar-refractivity contribution in [2.75, 3.05) is 18.4 Å². The molecule has 0 spiro atoms. The lowest BCUT2D eigenvalue weighted by atomic mass is 10.1. The van der Waals surface area contributed by atoms with E-state index in [2.05, 4.69) is 24.1 Å². The number of rotatable bonds is 5. The van der Waals surface area contributed by atoms with Crippen LogP contribution in [0.5, 0.6) is 0 Å². The maximum Gasteiger partial charge on any atom is 0.271 e. The fourth-order valence-electron chi connectivity index (χ4n) is 3.33. The summed E-state index contributed by atoms with van der Waals surface area (Å²) in [4.78, 5) is 25.1. The smallest absolute Gasteiger partial charge is 0.271 e. The average Bonchev–Trinajstić information content (AvgIpc) is 2.61. The Labute approximate surface area is 158 Å². The van der Waals surface area contributed by atoms with E-state index in [1.165, 1.54) is 12.1 Å². The Hall–Kier alpha value is -2.77. The second kappa shape index (κ2) is 8.28. The van der Waals surface area contributed by atoms with Crippen LogP contribution in [0.2, 0.25) is 0 Å². The lowest BCUT2D eigenvalue weighted by Gasteiger charge is -2.35. The Kier molecular flexibility index (Phi) is 5.83. The van der Waals surface area contributed by atoms with Crippen LogP contribution in [-0.2, 0) is 11.3 Å². The van der Waals surface area contributed by atoms with Crippen LogP contribution in [-0.4, -0.2) is 41.0 Å². The van der Waals surface area contributed by atoms with Gasteiger partial charge in [0.25, 0.3) is 11.6 Å². The van der Waals surface area contributed by atoms with Crippen LogP contribution in [0.15, 0.2) is 48.5 Å². The van der Waals surface area contributed by atoms with E-state index in [0.717, 1.165) is 25.2 Å². The van der Waals surface area contributed by atoms with Crippen LogP contribution in [0.3, 0.4) is 0 Å². The monoisotopic (exact) mass is 369 g/mol. The van der Waals surface area contributed by atoms with E-state index in [4.69, 9.17) is 4.74 Å². The van der Waals surface area contributed by atoms with Crippen LogP contribution >= 0.6 is 0 Å². The predicted octanol–water partition coefficient (Wildman–Crippen LogP) is 3.46. The van der Waals surface area contributed by atoms with Crippen molar-refractivity contribution in [1.29, 1.82) is 0 Å². The molecule has 1 heterocycles. The van der Waals surface area contributed by atoms with Crippen LogP contribution in [0.1, 0.15) is 29.8 Å². The standard InChI is InChI=1S/C20H23N3O4/c1-14-11-22(12-15(2)27-14)13-16-6-8-17(9-7-16)20(24)21-18-4-3-5-19(10-18)23(25)26/h3-10,14-15H,11-13H2,1-2H3,(H,21,24)/t14-,15-/m1/s1. The Balaban J connectivity index is 1.62. The van der Waals surface area contributed by atoms with Gasteiger partial charge in [-0.1, -0.05) is 18.2 Å². The first kappa shape index (κ1) is 19.0. The lowest BCUT2D eigenvalue weighted by molar-refractivity contribution is -0.384. The van der Waals surface area contributed by atoms with E-state index >= 15 is 0 Å². The molecule has 0 saturated carbocycles. The molecule has 0 radical (unpaired) electrons. The Morgan fingerprint density at radius 2 is 1.85 bits per heavy atom. The van der Waals surface area contributed by atoms with E-state index in [1.807, 2.05) is 12.1 Å². The van der Waals surface area contributed by atoms with Crippen molar-refractivity contribution in [2.24, 2.45) is 0 Å². The third-order valence-corrected chi connectivity index (χ3v) is 4.43. The molecule has 2 aromatic carbocycles. The van der Waals surface area contributed by atoms with Gasteiger partial charge in [-0.15, -0.1) is 0 Å². The number of carbonyl (C=O) groups excluding carboxylic acids is 1. The van der Waals surface area contributed by atoms with Gasteiger partial charge in [0.15, 0.2) is 0 Å². The normalized spacial score (nSPS) is 20.2. The molecule has 0 unspecified atom stereocenters. The average molecular weight is 369 g/mol. The Bertz CT molecular complexity index is 812. The summed E-state index contributed by atoms with van der Waals surface area (Å²) in [6.07, 6.45) is 0.433. The van der Waals surface area contributed by atoms with Gasteiger partial charge in [-0.25, -0.2) is 0 Å². The molecule has 1 aliphatic heterocycles. The van der Waals surface area contributed by atoms with Crippen LogP contribution in [0.4, 0.5) is 11.4 Å². The number of nitro benzene ring substituents is 1. The zero-order chi connectivity index (χ0) is 19.4. The number of nitrogens with zero attached hydrogens (tertiary/aromatic N) is 2. The second-order valence-electron chi connectivity index (χ2n) is 6.91. The van der Waals surface area contributed by atoms with Crippen molar-refractivity contribution in [3.63, 3.8) is 0 Å². The maximum atomic E-state index is 12.4. The highest BCUT2D eigenvalue weighted by Gasteiger charge is 2.22. The summed E-state index contributed by atoms with van der Waals surface area (Å²) >= 11 is 0. The molecule has 1 fully saturated rings. The summed E-state index contributed by atoms with van der Waals surface area (Å²) in [5, 5.41) is 13.5. The largest absolute Gasteiger partial charge is 0.373 e. The highest BCUT2D eigenvalue weighted by Crippen LogP contribution is 2.19. The Morgan fingerprint density at radius 1 is 1.19 bits per heavy atom. The molecule has 1 aliphatic rings. The van der Waals surface area contributed by atoms with Crippen LogP contribution in [0.25, 0.3) is 0 Å². The fourth-order valence-corrected chi connectivity index (χ4v) is 3.33. The number of non-ortho nitro benzene ring substituents is 1. The molecule has 1 amide bonds. The number of nitrogens with one attached hydrogen (secondary N) is 1. The minimum Gasteiger partial charge on any atom is -0.373 e. The van der Waals surface area contributed by atoms with Crippen molar-refractivity contribution < 1.29 is 14.5 Å². The molecular formula is C20H23N3O4. The molecule has 2 atom stereocenters. The first-order valence-corrected chi connectivity index (χ1v) is 8.93. The minimum absolute atomic E-state index is 0.0582. The number of ether oxygens (including phenoxy) is 1. The van der Waals surface area contributed by atoms with Gasteiger partial charge >= 0.3 is 0 Å². The van der Waals surface area contributed by atoms with Crippen LogP contribution in [0, 0.1) is 10.1 Å². The first-order chi connectivity index (χ1) is 12.9. The van der Waals surface area contributed by atoms with Gasteiger partial charge < -0.3 is 10.1 Å². The van der Waals surface area contributed by atoms with E-state index in [-0.39, 0.29) is 23.8 Å². The molecule has 2 aromatic rings. The highest BCUT2D eigenvalue weighted by molar-refractivity contribution is 6.04. The third kappa shape index (κ3) is 5.12. The van der Waals surface area contributed by atoms with E-state index in [0.29, 0.717) is 11.3 Å². The number of anilines is 1. The number of hydrogen-bond acceptors (Lipinski definition) is 5. The first-order valence-electron chi connectivity index (χ1n) is 8.93.